The third kappa shape index (κ3) is 4.46. The Morgan fingerprint density at radius 2 is 1.93 bits per heavy atom. The highest BCUT2D eigenvalue weighted by Crippen LogP contribution is 2.20. The topological polar surface area (TPSA) is 59.6 Å². The second kappa shape index (κ2) is 4.64. The molecule has 1 fully saturated rings. The van der Waals surface area contributed by atoms with Crippen LogP contribution in [0.4, 0.5) is 0 Å². The summed E-state index contributed by atoms with van der Waals surface area (Å²) >= 11 is 0. The number of guanidine groups is 1. The van der Waals surface area contributed by atoms with E-state index in [4.69, 9.17) is 10.6 Å². The molecule has 4 heteroatoms. The Balaban J connectivity index is 2.29. The molecule has 0 atom stereocenters. The summed E-state index contributed by atoms with van der Waals surface area (Å²) in [7, 11) is 0. The van der Waals surface area contributed by atoms with Crippen LogP contribution in [0.1, 0.15) is 46.5 Å². The van der Waals surface area contributed by atoms with Crippen LogP contribution in [0.2, 0.25) is 0 Å². The maximum Gasteiger partial charge on any atom is 0.213 e. The molecule has 1 saturated carbocycles. The van der Waals surface area contributed by atoms with E-state index >= 15 is 0 Å². The normalized spacial score (nSPS) is 20.1. The first-order chi connectivity index (χ1) is 6.47. The Hall–Kier alpha value is -0.770. The predicted octanol–water partition coefficient (Wildman–Crippen LogP) is 1.56. The van der Waals surface area contributed by atoms with E-state index in [-0.39, 0.29) is 5.60 Å². The van der Waals surface area contributed by atoms with Gasteiger partial charge in [0.05, 0.1) is 11.6 Å². The fourth-order valence-electron chi connectivity index (χ4n) is 1.46. The summed E-state index contributed by atoms with van der Waals surface area (Å²) in [6.07, 6.45) is 4.83. The van der Waals surface area contributed by atoms with E-state index in [0.29, 0.717) is 12.0 Å². The average molecular weight is 199 g/mol. The predicted molar refractivity (Wildman–Crippen MR) is 57.9 cm³/mol. The second-order valence-electron chi connectivity index (χ2n) is 4.77. The lowest BCUT2D eigenvalue weighted by atomic mass is 10.2. The van der Waals surface area contributed by atoms with Gasteiger partial charge in [-0.15, -0.1) is 0 Å². The van der Waals surface area contributed by atoms with Crippen LogP contribution in [-0.2, 0) is 4.84 Å². The number of aliphatic imine (C=N–C) groups is 1. The molecule has 0 unspecified atom stereocenters. The van der Waals surface area contributed by atoms with Crippen LogP contribution in [0.5, 0.6) is 0 Å². The Bertz CT molecular complexity index is 202. The molecule has 4 nitrogen and oxygen atoms in total. The van der Waals surface area contributed by atoms with Crippen LogP contribution in [-0.4, -0.2) is 17.6 Å². The smallest absolute Gasteiger partial charge is 0.213 e. The third-order valence-electron chi connectivity index (χ3n) is 2.11. The lowest BCUT2D eigenvalue weighted by Gasteiger charge is -2.19. The SMILES string of the molecule is CC(C)(C)ONC(N)=NC1CCCC1. The van der Waals surface area contributed by atoms with Crippen LogP contribution < -0.4 is 11.2 Å². The molecule has 1 rings (SSSR count). The minimum absolute atomic E-state index is 0.240. The van der Waals surface area contributed by atoms with E-state index in [9.17, 15) is 0 Å². The molecule has 1 aliphatic rings. The minimum Gasteiger partial charge on any atom is -0.368 e. The largest absolute Gasteiger partial charge is 0.368 e. The van der Waals surface area contributed by atoms with Crippen molar-refractivity contribution in [2.24, 2.45) is 10.7 Å². The number of rotatable bonds is 2. The molecule has 1 aliphatic carbocycles. The molecule has 0 aliphatic heterocycles. The van der Waals surface area contributed by atoms with Gasteiger partial charge >= 0.3 is 0 Å². The first-order valence-corrected chi connectivity index (χ1v) is 5.25. The molecule has 0 aromatic carbocycles. The van der Waals surface area contributed by atoms with Gasteiger partial charge in [-0.25, -0.2) is 10.5 Å². The molecule has 0 spiro atoms. The zero-order valence-corrected chi connectivity index (χ0v) is 9.34. The molecule has 3 N–H and O–H groups in total. The Morgan fingerprint density at radius 1 is 1.36 bits per heavy atom. The van der Waals surface area contributed by atoms with Crippen LogP contribution in [0, 0.1) is 0 Å². The van der Waals surface area contributed by atoms with Crippen LogP contribution in [0.3, 0.4) is 0 Å². The van der Waals surface area contributed by atoms with Gasteiger partial charge in [-0.3, -0.25) is 4.84 Å². The van der Waals surface area contributed by atoms with Crippen LogP contribution >= 0.6 is 0 Å². The zero-order valence-electron chi connectivity index (χ0n) is 9.34. The number of nitrogens with one attached hydrogen (secondary N) is 1. The van der Waals surface area contributed by atoms with Gasteiger partial charge in [0.15, 0.2) is 0 Å². The molecule has 0 aromatic rings. The van der Waals surface area contributed by atoms with Gasteiger partial charge in [-0.1, -0.05) is 12.8 Å². The fraction of sp³-hybridized carbons (Fsp3) is 0.900. The molecule has 0 radical (unpaired) electrons. The molecule has 0 amide bonds. The van der Waals surface area contributed by atoms with E-state index < -0.39 is 0 Å². The summed E-state index contributed by atoms with van der Waals surface area (Å²) in [5, 5.41) is 0. The van der Waals surface area contributed by atoms with Gasteiger partial charge in [0.2, 0.25) is 5.96 Å². The van der Waals surface area contributed by atoms with Crippen LogP contribution in [0.15, 0.2) is 4.99 Å². The minimum atomic E-state index is -0.240. The van der Waals surface area contributed by atoms with Crippen molar-refractivity contribution >= 4 is 5.96 Å². The molecule has 0 saturated heterocycles. The van der Waals surface area contributed by atoms with Crippen molar-refractivity contribution in [3.63, 3.8) is 0 Å². The Morgan fingerprint density at radius 3 is 2.43 bits per heavy atom. The van der Waals surface area contributed by atoms with Crippen molar-refractivity contribution in [2.75, 3.05) is 0 Å². The number of hydroxylamine groups is 1. The third-order valence-corrected chi connectivity index (χ3v) is 2.11. The van der Waals surface area contributed by atoms with E-state index in [2.05, 4.69) is 10.5 Å². The monoisotopic (exact) mass is 199 g/mol. The number of nitrogens with zero attached hydrogens (tertiary/aromatic N) is 1. The second-order valence-corrected chi connectivity index (χ2v) is 4.77. The number of nitrogens with two attached hydrogens (primary N) is 1. The van der Waals surface area contributed by atoms with E-state index in [1.807, 2.05) is 20.8 Å². The summed E-state index contributed by atoms with van der Waals surface area (Å²) in [5.41, 5.74) is 8.11. The highest BCUT2D eigenvalue weighted by atomic mass is 16.7. The molecule has 14 heavy (non-hydrogen) atoms. The summed E-state index contributed by atoms with van der Waals surface area (Å²) in [4.78, 5) is 9.63. The average Bonchev–Trinajstić information content (AvgIpc) is 2.52. The van der Waals surface area contributed by atoms with Crippen molar-refractivity contribution in [1.29, 1.82) is 0 Å². The quantitative estimate of drug-likeness (QED) is 0.403. The van der Waals surface area contributed by atoms with Crippen molar-refractivity contribution in [2.45, 2.75) is 58.1 Å². The van der Waals surface area contributed by atoms with Crippen molar-refractivity contribution in [3.05, 3.63) is 0 Å². The molecular weight excluding hydrogens is 178 g/mol. The number of hydrogen-bond donors (Lipinski definition) is 2. The maximum absolute atomic E-state index is 5.67. The van der Waals surface area contributed by atoms with Crippen LogP contribution in [0.25, 0.3) is 0 Å². The summed E-state index contributed by atoms with van der Waals surface area (Å²) in [6.45, 7) is 5.88. The molecule has 0 heterocycles. The summed E-state index contributed by atoms with van der Waals surface area (Å²) in [5.74, 6) is 0.395. The van der Waals surface area contributed by atoms with Gasteiger partial charge in [0.1, 0.15) is 0 Å². The Kier molecular flexibility index (Phi) is 3.75. The summed E-state index contributed by atoms with van der Waals surface area (Å²) < 4.78 is 0. The van der Waals surface area contributed by atoms with Crippen molar-refractivity contribution < 1.29 is 4.84 Å². The fourth-order valence-corrected chi connectivity index (χ4v) is 1.46. The Labute approximate surface area is 85.9 Å². The summed E-state index contributed by atoms with van der Waals surface area (Å²) in [6, 6.07) is 0.395. The van der Waals surface area contributed by atoms with Gasteiger partial charge in [-0.05, 0) is 33.6 Å². The van der Waals surface area contributed by atoms with Crippen molar-refractivity contribution in [3.8, 4) is 0 Å². The highest BCUT2D eigenvalue weighted by Gasteiger charge is 2.15. The molecular formula is C10H21N3O. The van der Waals surface area contributed by atoms with Crippen molar-refractivity contribution in [1.82, 2.24) is 5.48 Å². The first-order valence-electron chi connectivity index (χ1n) is 5.25. The number of hydrogen-bond acceptors (Lipinski definition) is 2. The standard InChI is InChI=1S/C10H21N3O/c1-10(2,3)14-13-9(11)12-8-6-4-5-7-8/h8H,4-7H2,1-3H3,(H3,11,12,13). The lowest BCUT2D eigenvalue weighted by molar-refractivity contribution is -0.0431. The maximum atomic E-state index is 5.67. The van der Waals surface area contributed by atoms with Gasteiger partial charge in [0, 0.05) is 0 Å². The molecule has 0 aromatic heterocycles. The zero-order chi connectivity index (χ0) is 10.6. The molecule has 82 valence electrons. The van der Waals surface area contributed by atoms with Gasteiger partial charge in [-0.2, -0.15) is 0 Å². The molecule has 0 bridgehead atoms. The van der Waals surface area contributed by atoms with E-state index in [1.165, 1.54) is 12.8 Å². The highest BCUT2D eigenvalue weighted by molar-refractivity contribution is 5.76. The first kappa shape index (κ1) is 11.3. The van der Waals surface area contributed by atoms with Gasteiger partial charge in [0.25, 0.3) is 0 Å². The van der Waals surface area contributed by atoms with Gasteiger partial charge < -0.3 is 5.73 Å². The van der Waals surface area contributed by atoms with E-state index in [1.54, 1.807) is 0 Å². The van der Waals surface area contributed by atoms with E-state index in [0.717, 1.165) is 12.8 Å². The lowest BCUT2D eigenvalue weighted by Crippen LogP contribution is -2.38.